The summed E-state index contributed by atoms with van der Waals surface area (Å²) in [7, 11) is 0. The number of aliphatic carboxylic acids is 1. The van der Waals surface area contributed by atoms with E-state index in [2.05, 4.69) is 28.6 Å². The van der Waals surface area contributed by atoms with E-state index < -0.39 is 47.9 Å². The van der Waals surface area contributed by atoms with Crippen molar-refractivity contribution in [1.82, 2.24) is 16.0 Å². The normalized spacial score (nSPS) is 14.6. The highest BCUT2D eigenvalue weighted by atomic mass is 32.1. The zero-order chi connectivity index (χ0) is 25.0. The van der Waals surface area contributed by atoms with Crippen LogP contribution in [0.5, 0.6) is 0 Å². The number of rotatable bonds is 14. The maximum absolute atomic E-state index is 13.0. The van der Waals surface area contributed by atoms with Crippen LogP contribution in [-0.2, 0) is 25.6 Å². The number of carboxylic acid groups (broad SMARTS) is 1. The van der Waals surface area contributed by atoms with Gasteiger partial charge in [0.2, 0.25) is 17.7 Å². The van der Waals surface area contributed by atoms with Crippen LogP contribution in [0.2, 0.25) is 0 Å². The molecule has 9 nitrogen and oxygen atoms in total. The van der Waals surface area contributed by atoms with Crippen LogP contribution < -0.4 is 21.7 Å². The third-order valence-corrected chi connectivity index (χ3v) is 5.55. The van der Waals surface area contributed by atoms with E-state index in [9.17, 15) is 24.3 Å². The van der Waals surface area contributed by atoms with Gasteiger partial charge in [0.25, 0.3) is 0 Å². The Hall–Kier alpha value is -2.59. The molecule has 6 N–H and O–H groups in total. The number of carbonyl (C=O) groups excluding carboxylic acids is 3. The molecule has 0 aliphatic heterocycles. The third-order valence-electron chi connectivity index (χ3n) is 5.16. The quantitative estimate of drug-likeness (QED) is 0.218. The summed E-state index contributed by atoms with van der Waals surface area (Å²) < 4.78 is 0. The molecule has 4 atom stereocenters. The lowest BCUT2D eigenvalue weighted by Crippen LogP contribution is -2.59. The van der Waals surface area contributed by atoms with Crippen molar-refractivity contribution in [1.29, 1.82) is 0 Å². The number of hydrogen-bond donors (Lipinski definition) is 6. The van der Waals surface area contributed by atoms with Crippen LogP contribution in [-0.4, -0.2) is 58.7 Å². The van der Waals surface area contributed by atoms with Crippen molar-refractivity contribution in [2.45, 2.75) is 70.6 Å². The lowest BCUT2D eigenvalue weighted by Gasteiger charge is -2.27. The monoisotopic (exact) mass is 480 g/mol. The van der Waals surface area contributed by atoms with Gasteiger partial charge in [-0.05, 0) is 17.9 Å². The number of carboxylic acids is 1. The highest BCUT2D eigenvalue weighted by molar-refractivity contribution is 7.80. The van der Waals surface area contributed by atoms with Gasteiger partial charge >= 0.3 is 5.97 Å². The van der Waals surface area contributed by atoms with Gasteiger partial charge in [0.1, 0.15) is 18.1 Å². The van der Waals surface area contributed by atoms with E-state index in [0.717, 1.165) is 12.0 Å². The van der Waals surface area contributed by atoms with Crippen LogP contribution in [0.25, 0.3) is 0 Å². The molecule has 0 unspecified atom stereocenters. The molecule has 0 radical (unpaired) electrons. The molecule has 0 saturated heterocycles. The SMILES string of the molecule is CCCC[C@H](NC(=O)[C@H](Cc1ccccc1)NC(=O)[C@@H](NC(=O)[C@@H](N)CS)C(C)C)C(=O)O. The first-order chi connectivity index (χ1) is 15.6. The van der Waals surface area contributed by atoms with Crippen molar-refractivity contribution in [3.05, 3.63) is 35.9 Å². The van der Waals surface area contributed by atoms with Gasteiger partial charge in [-0.3, -0.25) is 14.4 Å². The molecule has 0 spiro atoms. The Bertz CT molecular complexity index is 790. The van der Waals surface area contributed by atoms with Gasteiger partial charge in [-0.15, -0.1) is 0 Å². The maximum Gasteiger partial charge on any atom is 0.326 e. The molecule has 0 aliphatic carbocycles. The van der Waals surface area contributed by atoms with E-state index in [1.165, 1.54) is 0 Å². The average molecular weight is 481 g/mol. The minimum Gasteiger partial charge on any atom is -0.480 e. The van der Waals surface area contributed by atoms with Crippen LogP contribution in [0.4, 0.5) is 0 Å². The standard InChI is InChI=1S/C23H36N4O5S/c1-4-5-11-17(23(31)32)25-21(29)18(12-15-9-7-6-8-10-15)26-22(30)19(14(2)3)27-20(28)16(24)13-33/h6-10,14,16-19,33H,4-5,11-13,24H2,1-3H3,(H,25,29)(H,26,30)(H,27,28)(H,31,32)/t16-,17-,18-,19-/m0/s1. The number of amides is 3. The van der Waals surface area contributed by atoms with Crippen LogP contribution in [0.15, 0.2) is 30.3 Å². The molecular formula is C23H36N4O5S. The van der Waals surface area contributed by atoms with Crippen molar-refractivity contribution < 1.29 is 24.3 Å². The molecule has 0 heterocycles. The molecule has 0 saturated carbocycles. The molecule has 10 heteroatoms. The first kappa shape index (κ1) is 28.4. The number of benzene rings is 1. The Morgan fingerprint density at radius 1 is 0.970 bits per heavy atom. The molecule has 1 aromatic carbocycles. The Morgan fingerprint density at radius 3 is 2.09 bits per heavy atom. The molecule has 1 rings (SSSR count). The van der Waals surface area contributed by atoms with Crippen molar-refractivity contribution in [3.63, 3.8) is 0 Å². The van der Waals surface area contributed by atoms with E-state index in [4.69, 9.17) is 5.73 Å². The summed E-state index contributed by atoms with van der Waals surface area (Å²) in [5.41, 5.74) is 6.49. The number of nitrogens with two attached hydrogens (primary N) is 1. The predicted octanol–water partition coefficient (Wildman–Crippen LogP) is 0.871. The van der Waals surface area contributed by atoms with Gasteiger partial charge in [0, 0.05) is 12.2 Å². The van der Waals surface area contributed by atoms with Crippen LogP contribution >= 0.6 is 12.6 Å². The topological polar surface area (TPSA) is 151 Å². The van der Waals surface area contributed by atoms with Crippen molar-refractivity contribution in [2.75, 3.05) is 5.75 Å². The highest BCUT2D eigenvalue weighted by Gasteiger charge is 2.31. The smallest absolute Gasteiger partial charge is 0.326 e. The molecular weight excluding hydrogens is 444 g/mol. The minimum atomic E-state index is -1.13. The molecule has 0 aromatic heterocycles. The Labute approximate surface area is 200 Å². The van der Waals surface area contributed by atoms with Crippen molar-refractivity contribution in [3.8, 4) is 0 Å². The third kappa shape index (κ3) is 9.83. The fraction of sp³-hybridized carbons (Fsp3) is 0.565. The van der Waals surface area contributed by atoms with E-state index >= 15 is 0 Å². The van der Waals surface area contributed by atoms with Gasteiger partial charge in [-0.2, -0.15) is 12.6 Å². The number of hydrogen-bond acceptors (Lipinski definition) is 6. The average Bonchev–Trinajstić information content (AvgIpc) is 2.78. The molecule has 1 aromatic rings. The molecule has 3 amide bonds. The zero-order valence-electron chi connectivity index (χ0n) is 19.4. The van der Waals surface area contributed by atoms with Gasteiger partial charge in [0.05, 0.1) is 6.04 Å². The van der Waals surface area contributed by atoms with Gasteiger partial charge < -0.3 is 26.8 Å². The molecule has 0 aliphatic rings. The summed E-state index contributed by atoms with van der Waals surface area (Å²) >= 11 is 4.00. The second kappa shape index (κ2) is 14.5. The van der Waals surface area contributed by atoms with E-state index in [1.54, 1.807) is 13.8 Å². The summed E-state index contributed by atoms with van der Waals surface area (Å²) in [6.07, 6.45) is 1.87. The number of carbonyl (C=O) groups is 4. The number of nitrogens with one attached hydrogen (secondary N) is 3. The van der Waals surface area contributed by atoms with Gasteiger partial charge in [0.15, 0.2) is 0 Å². The molecule has 0 bridgehead atoms. The lowest BCUT2D eigenvalue weighted by molar-refractivity contribution is -0.142. The molecule has 184 valence electrons. The maximum atomic E-state index is 13.0. The van der Waals surface area contributed by atoms with Crippen LogP contribution in [0.3, 0.4) is 0 Å². The number of thiol groups is 1. The Balaban J connectivity index is 3.06. The first-order valence-corrected chi connectivity index (χ1v) is 11.8. The highest BCUT2D eigenvalue weighted by Crippen LogP contribution is 2.09. The van der Waals surface area contributed by atoms with E-state index in [-0.39, 0.29) is 24.5 Å². The number of unbranched alkanes of at least 4 members (excludes halogenated alkanes) is 1. The fourth-order valence-electron chi connectivity index (χ4n) is 3.14. The summed E-state index contributed by atoms with van der Waals surface area (Å²) in [6, 6.07) is 5.19. The second-order valence-electron chi connectivity index (χ2n) is 8.31. The van der Waals surface area contributed by atoms with E-state index in [1.807, 2.05) is 37.3 Å². The first-order valence-electron chi connectivity index (χ1n) is 11.1. The summed E-state index contributed by atoms with van der Waals surface area (Å²) in [5, 5.41) is 17.3. The summed E-state index contributed by atoms with van der Waals surface area (Å²) in [6.45, 7) is 5.45. The molecule has 0 fully saturated rings. The summed E-state index contributed by atoms with van der Waals surface area (Å²) in [4.78, 5) is 49.9. The predicted molar refractivity (Wildman–Crippen MR) is 130 cm³/mol. The second-order valence-corrected chi connectivity index (χ2v) is 8.68. The largest absolute Gasteiger partial charge is 0.480 e. The minimum absolute atomic E-state index is 0.117. The Morgan fingerprint density at radius 2 is 1.58 bits per heavy atom. The Kier molecular flexibility index (Phi) is 12.5. The fourth-order valence-corrected chi connectivity index (χ4v) is 3.30. The zero-order valence-corrected chi connectivity index (χ0v) is 20.3. The van der Waals surface area contributed by atoms with Gasteiger partial charge in [-0.25, -0.2) is 4.79 Å². The van der Waals surface area contributed by atoms with Crippen LogP contribution in [0.1, 0.15) is 45.6 Å². The van der Waals surface area contributed by atoms with E-state index in [0.29, 0.717) is 6.42 Å². The van der Waals surface area contributed by atoms with Crippen molar-refractivity contribution >= 4 is 36.3 Å². The summed E-state index contributed by atoms with van der Waals surface area (Å²) in [5.74, 6) is -2.97. The van der Waals surface area contributed by atoms with Crippen molar-refractivity contribution in [2.24, 2.45) is 11.7 Å². The van der Waals surface area contributed by atoms with Crippen LogP contribution in [0, 0.1) is 5.92 Å². The lowest BCUT2D eigenvalue weighted by atomic mass is 10.00. The van der Waals surface area contributed by atoms with Gasteiger partial charge in [-0.1, -0.05) is 63.9 Å². The molecule has 33 heavy (non-hydrogen) atoms.